The molecule has 6 nitrogen and oxygen atoms in total. The monoisotopic (exact) mass is 314 g/mol. The zero-order chi connectivity index (χ0) is 15.8. The van der Waals surface area contributed by atoms with Crippen molar-refractivity contribution in [3.05, 3.63) is 24.0 Å². The van der Waals surface area contributed by atoms with Gasteiger partial charge in [0.05, 0.1) is 6.10 Å². The maximum atomic E-state index is 11.2. The van der Waals surface area contributed by atoms with Crippen LogP contribution in [0.4, 0.5) is 4.79 Å². The van der Waals surface area contributed by atoms with Crippen LogP contribution in [0.3, 0.4) is 0 Å². The fourth-order valence-corrected chi connectivity index (χ4v) is 3.40. The van der Waals surface area contributed by atoms with Gasteiger partial charge in [0.2, 0.25) is 0 Å². The zero-order valence-corrected chi connectivity index (χ0v) is 13.3. The summed E-state index contributed by atoms with van der Waals surface area (Å²) in [5, 5.41) is 25.4. The molecule has 4 atom stereocenters. The Bertz CT molecular complexity index is 525. The molecular weight excluding hydrogens is 291 g/mol. The number of rotatable bonds is 4. The van der Waals surface area contributed by atoms with Crippen molar-refractivity contribution in [3.8, 4) is 0 Å². The molecule has 1 fully saturated rings. The van der Waals surface area contributed by atoms with Crippen molar-refractivity contribution >= 4 is 19.2 Å². The average Bonchev–Trinajstić information content (AvgIpc) is 2.64. The highest BCUT2D eigenvalue weighted by molar-refractivity contribution is 7.72. The van der Waals surface area contributed by atoms with Crippen LogP contribution in [0, 0.1) is 0 Å². The van der Waals surface area contributed by atoms with Gasteiger partial charge >= 0.3 is 6.03 Å². The van der Waals surface area contributed by atoms with E-state index in [-0.39, 0.29) is 6.03 Å². The lowest BCUT2D eigenvalue weighted by molar-refractivity contribution is 0.0188. The summed E-state index contributed by atoms with van der Waals surface area (Å²) in [6.45, 7) is 6.77. The van der Waals surface area contributed by atoms with Gasteiger partial charge in [0.25, 0.3) is 0 Å². The van der Waals surface area contributed by atoms with E-state index in [1.165, 1.54) is 6.20 Å². The Morgan fingerprint density at radius 1 is 1.38 bits per heavy atom. The summed E-state index contributed by atoms with van der Waals surface area (Å²) in [6, 6.07) is -0.378. The lowest BCUT2D eigenvalue weighted by atomic mass is 9.99. The second-order valence-electron chi connectivity index (χ2n) is 6.20. The van der Waals surface area contributed by atoms with Crippen molar-refractivity contribution in [2.75, 3.05) is 19.5 Å². The first-order valence-electron chi connectivity index (χ1n) is 6.85. The summed E-state index contributed by atoms with van der Waals surface area (Å²) < 4.78 is 5.80. The van der Waals surface area contributed by atoms with Crippen LogP contribution in [0.5, 0.6) is 0 Å². The van der Waals surface area contributed by atoms with E-state index in [2.05, 4.69) is 36.8 Å². The topological polar surface area (TPSA) is 90.8 Å². The second-order valence-corrected chi connectivity index (χ2v) is 10.5. The summed E-state index contributed by atoms with van der Waals surface area (Å²) in [7, 11) is 0. The minimum Gasteiger partial charge on any atom is -0.388 e. The third kappa shape index (κ3) is 3.77. The summed E-state index contributed by atoms with van der Waals surface area (Å²) in [4.78, 5) is 11.2. The predicted molar refractivity (Wildman–Crippen MR) is 84.9 cm³/mol. The fourth-order valence-electron chi connectivity index (χ4n) is 2.45. The van der Waals surface area contributed by atoms with Crippen molar-refractivity contribution in [2.45, 2.75) is 30.8 Å². The molecular formula is C14H23N2O4P. The molecule has 0 spiro atoms. The number of carbonyl (C=O) groups excluding carboxylic acids is 1. The van der Waals surface area contributed by atoms with Gasteiger partial charge in [-0.3, -0.25) is 0 Å². The molecule has 2 heterocycles. The highest BCUT2D eigenvalue weighted by atomic mass is 31.2. The summed E-state index contributed by atoms with van der Waals surface area (Å²) in [5.74, 6) is 0. The predicted octanol–water partition coefficient (Wildman–Crippen LogP) is 0.285. The van der Waals surface area contributed by atoms with E-state index in [9.17, 15) is 15.0 Å². The van der Waals surface area contributed by atoms with E-state index >= 15 is 0 Å². The third-order valence-corrected chi connectivity index (χ3v) is 5.13. The maximum absolute atomic E-state index is 11.2. The molecule has 1 saturated heterocycles. The smallest absolute Gasteiger partial charge is 0.323 e. The summed E-state index contributed by atoms with van der Waals surface area (Å²) in [5.41, 5.74) is 0.924. The molecule has 7 heteroatoms. The number of hydrogen-bond donors (Lipinski definition) is 4. The molecule has 4 N–H and O–H groups in total. The van der Waals surface area contributed by atoms with Crippen LogP contribution >= 0.6 is 6.89 Å². The highest BCUT2D eigenvalue weighted by Gasteiger charge is 2.45. The second kappa shape index (κ2) is 5.97. The minimum atomic E-state index is -1.21. The molecule has 0 radical (unpaired) electrons. The standard InChI is InChI=1S/C14H23N2O4P/c1-8-9(7-15-14(19)16-8)13-12(18)11(17)10(20-13)5-6-21(2,3)4/h7,10-13,17-18H,1-2,5-6H2,3-4H3,(H2,15,16,19)/t10-,11-,12-,13+/m1/s1. The first kappa shape index (κ1) is 16.3. The van der Waals surface area contributed by atoms with Crippen LogP contribution < -0.4 is 10.6 Å². The fraction of sp³-hybridized carbons (Fsp3) is 0.571. The Morgan fingerprint density at radius 3 is 2.62 bits per heavy atom. The SMILES string of the molecule is C=C1NC(=O)NC=C1[C@@H]1O[C@H](CCP(=C)(C)C)[C@@H](O)[C@H]1O. The van der Waals surface area contributed by atoms with Crippen molar-refractivity contribution in [2.24, 2.45) is 0 Å². The molecule has 21 heavy (non-hydrogen) atoms. The van der Waals surface area contributed by atoms with Gasteiger partial charge in [-0.25, -0.2) is 4.79 Å². The lowest BCUT2D eigenvalue weighted by Crippen LogP contribution is -2.41. The molecule has 2 amide bonds. The Morgan fingerprint density at radius 2 is 2.05 bits per heavy atom. The van der Waals surface area contributed by atoms with Gasteiger partial charge in [0.15, 0.2) is 0 Å². The first-order valence-corrected chi connectivity index (χ1v) is 9.90. The van der Waals surface area contributed by atoms with Gasteiger partial charge in [-0.15, -0.1) is 13.2 Å². The van der Waals surface area contributed by atoms with E-state index in [0.717, 1.165) is 6.16 Å². The zero-order valence-electron chi connectivity index (χ0n) is 12.4. The number of aliphatic hydroxyl groups is 2. The van der Waals surface area contributed by atoms with Gasteiger partial charge in [0, 0.05) is 17.5 Å². The number of carbonyl (C=O) groups is 1. The minimum absolute atomic E-state index is 0.376. The van der Waals surface area contributed by atoms with Crippen molar-refractivity contribution < 1.29 is 19.7 Å². The third-order valence-electron chi connectivity index (χ3n) is 3.66. The van der Waals surface area contributed by atoms with Gasteiger partial charge in [-0.1, -0.05) is 6.58 Å². The van der Waals surface area contributed by atoms with Crippen LogP contribution in [0.15, 0.2) is 24.0 Å². The van der Waals surface area contributed by atoms with Crippen molar-refractivity contribution in [3.63, 3.8) is 0 Å². The summed E-state index contributed by atoms with van der Waals surface area (Å²) in [6.07, 6.45) is 4.00. The summed E-state index contributed by atoms with van der Waals surface area (Å²) >= 11 is 0. The molecule has 0 saturated carbocycles. The van der Waals surface area contributed by atoms with Crippen molar-refractivity contribution in [1.82, 2.24) is 10.6 Å². The molecule has 0 bridgehead atoms. The first-order chi connectivity index (χ1) is 9.69. The quantitative estimate of drug-likeness (QED) is 0.561. The normalized spacial score (nSPS) is 33.4. The van der Waals surface area contributed by atoms with E-state index in [1.807, 2.05) is 0 Å². The van der Waals surface area contributed by atoms with Crippen LogP contribution in [-0.4, -0.2) is 66.5 Å². The highest BCUT2D eigenvalue weighted by Crippen LogP contribution is 2.39. The van der Waals surface area contributed by atoms with Gasteiger partial charge in [0.1, 0.15) is 18.3 Å². The molecule has 0 unspecified atom stereocenters. The Balaban J connectivity index is 2.08. The molecule has 2 rings (SSSR count). The molecule has 2 aliphatic heterocycles. The number of aliphatic hydroxyl groups excluding tert-OH is 2. The Labute approximate surface area is 124 Å². The molecule has 2 aliphatic rings. The van der Waals surface area contributed by atoms with Gasteiger partial charge < -0.3 is 25.6 Å². The number of hydrogen-bond acceptors (Lipinski definition) is 4. The Hall–Kier alpha value is -1.07. The van der Waals surface area contributed by atoms with Crippen molar-refractivity contribution in [1.29, 1.82) is 0 Å². The van der Waals surface area contributed by atoms with E-state index in [4.69, 9.17) is 4.74 Å². The molecule has 0 aliphatic carbocycles. The largest absolute Gasteiger partial charge is 0.388 e. The number of urea groups is 1. The lowest BCUT2D eigenvalue weighted by Gasteiger charge is -2.24. The number of amides is 2. The molecule has 118 valence electrons. The van der Waals surface area contributed by atoms with Gasteiger partial charge in [-0.05, 0) is 25.9 Å². The van der Waals surface area contributed by atoms with E-state index in [1.54, 1.807) is 0 Å². The van der Waals surface area contributed by atoms with E-state index in [0.29, 0.717) is 17.7 Å². The van der Waals surface area contributed by atoms with Crippen LogP contribution in [0.2, 0.25) is 0 Å². The van der Waals surface area contributed by atoms with Crippen LogP contribution in [0.25, 0.3) is 0 Å². The molecule has 0 aromatic carbocycles. The van der Waals surface area contributed by atoms with Gasteiger partial charge in [-0.2, -0.15) is 0 Å². The number of nitrogens with one attached hydrogen (secondary N) is 2. The molecule has 0 aromatic heterocycles. The number of ether oxygens (including phenoxy) is 1. The van der Waals surface area contributed by atoms with Crippen LogP contribution in [0.1, 0.15) is 6.42 Å². The molecule has 0 aromatic rings. The van der Waals surface area contributed by atoms with E-state index < -0.39 is 31.3 Å². The Kier molecular flexibility index (Phi) is 4.63. The van der Waals surface area contributed by atoms with Crippen LogP contribution in [-0.2, 0) is 4.74 Å². The maximum Gasteiger partial charge on any atom is 0.323 e. The average molecular weight is 314 g/mol.